The van der Waals surface area contributed by atoms with Gasteiger partial charge in [-0.3, -0.25) is 0 Å². The highest BCUT2D eigenvalue weighted by Gasteiger charge is 2.20. The molecule has 94 valence electrons. The topological polar surface area (TPSA) is 29.9 Å². The lowest BCUT2D eigenvalue weighted by Crippen LogP contribution is -2.23. The average Bonchev–Trinajstić information content (AvgIpc) is 2.95. The number of rotatable bonds is 1. The molecular formula is C16H15N3. The van der Waals surface area contributed by atoms with Crippen LogP contribution in [0.2, 0.25) is 0 Å². The minimum atomic E-state index is 0.392. The molecule has 1 aliphatic heterocycles. The van der Waals surface area contributed by atoms with Crippen LogP contribution in [-0.4, -0.2) is 16.1 Å². The Morgan fingerprint density at radius 1 is 1.11 bits per heavy atom. The number of hydrogen-bond donors (Lipinski definition) is 1. The molecule has 2 heterocycles. The highest BCUT2D eigenvalue weighted by molar-refractivity contribution is 5.83. The van der Waals surface area contributed by atoms with Gasteiger partial charge < -0.3 is 9.88 Å². The van der Waals surface area contributed by atoms with Gasteiger partial charge in [-0.25, -0.2) is 4.98 Å². The summed E-state index contributed by atoms with van der Waals surface area (Å²) in [6.45, 7) is 0.981. The third-order valence-corrected chi connectivity index (χ3v) is 3.86. The predicted molar refractivity (Wildman–Crippen MR) is 77.4 cm³/mol. The highest BCUT2D eigenvalue weighted by atomic mass is 15.2. The highest BCUT2D eigenvalue weighted by Crippen LogP contribution is 2.30. The first kappa shape index (κ1) is 10.6. The Morgan fingerprint density at radius 3 is 2.95 bits per heavy atom. The number of anilines is 1. The van der Waals surface area contributed by atoms with Crippen molar-refractivity contribution < 1.29 is 0 Å². The summed E-state index contributed by atoms with van der Waals surface area (Å²) in [5.74, 6) is 0.976. The number of nitrogens with one attached hydrogen (secondary N) is 1. The van der Waals surface area contributed by atoms with Gasteiger partial charge in [-0.05, 0) is 28.8 Å². The fraction of sp³-hybridized carbons (Fsp3) is 0.188. The number of aromatic nitrogens is 2. The summed E-state index contributed by atoms with van der Waals surface area (Å²) in [5, 5.41) is 5.93. The molecule has 1 atom stereocenters. The van der Waals surface area contributed by atoms with E-state index in [-0.39, 0.29) is 0 Å². The smallest absolute Gasteiger partial charge is 0.203 e. The monoisotopic (exact) mass is 249 g/mol. The zero-order chi connectivity index (χ0) is 12.7. The maximum absolute atomic E-state index is 4.35. The van der Waals surface area contributed by atoms with Crippen molar-refractivity contribution in [1.82, 2.24) is 9.55 Å². The molecule has 0 fully saturated rings. The Balaban J connectivity index is 1.83. The summed E-state index contributed by atoms with van der Waals surface area (Å²) >= 11 is 0. The Morgan fingerprint density at radius 2 is 2.00 bits per heavy atom. The van der Waals surface area contributed by atoms with Gasteiger partial charge in [0.25, 0.3) is 0 Å². The predicted octanol–water partition coefficient (Wildman–Crippen LogP) is 3.44. The molecule has 1 aliphatic rings. The zero-order valence-corrected chi connectivity index (χ0v) is 10.6. The van der Waals surface area contributed by atoms with Gasteiger partial charge >= 0.3 is 0 Å². The minimum absolute atomic E-state index is 0.392. The second-order valence-corrected chi connectivity index (χ2v) is 5.00. The van der Waals surface area contributed by atoms with Gasteiger partial charge in [0.1, 0.15) is 0 Å². The molecular weight excluding hydrogens is 234 g/mol. The Bertz CT molecular complexity index is 729. The summed E-state index contributed by atoms with van der Waals surface area (Å²) in [5.41, 5.74) is 1.36. The SMILES string of the molecule is c1ccc2cc(C3CCNc4nccn43)ccc2c1. The molecule has 2 aromatic carbocycles. The molecule has 0 radical (unpaired) electrons. The number of nitrogens with zero attached hydrogens (tertiary/aromatic N) is 2. The number of hydrogen-bond acceptors (Lipinski definition) is 2. The largest absolute Gasteiger partial charge is 0.356 e. The van der Waals surface area contributed by atoms with Crippen LogP contribution < -0.4 is 5.32 Å². The van der Waals surface area contributed by atoms with Crippen molar-refractivity contribution in [3.05, 3.63) is 60.4 Å². The third kappa shape index (κ3) is 1.70. The van der Waals surface area contributed by atoms with Crippen LogP contribution in [0.15, 0.2) is 54.9 Å². The standard InChI is InChI=1S/C16H15N3/c1-2-4-13-11-14(6-5-12(13)3-1)15-7-8-17-16-18-9-10-19(15)16/h1-6,9-11,15H,7-8H2,(H,17,18). The maximum Gasteiger partial charge on any atom is 0.203 e. The van der Waals surface area contributed by atoms with Gasteiger partial charge in [-0.1, -0.05) is 36.4 Å². The first-order valence-electron chi connectivity index (χ1n) is 6.67. The molecule has 4 rings (SSSR count). The maximum atomic E-state index is 4.35. The van der Waals surface area contributed by atoms with Crippen LogP contribution in [0.1, 0.15) is 18.0 Å². The van der Waals surface area contributed by atoms with Crippen LogP contribution in [-0.2, 0) is 0 Å². The zero-order valence-electron chi connectivity index (χ0n) is 10.6. The van der Waals surface area contributed by atoms with Gasteiger partial charge in [0.05, 0.1) is 6.04 Å². The molecule has 3 nitrogen and oxygen atoms in total. The van der Waals surface area contributed by atoms with E-state index in [0.29, 0.717) is 6.04 Å². The first-order valence-corrected chi connectivity index (χ1v) is 6.67. The summed E-state index contributed by atoms with van der Waals surface area (Å²) in [7, 11) is 0. The molecule has 1 aromatic heterocycles. The van der Waals surface area contributed by atoms with Crippen LogP contribution in [0.25, 0.3) is 10.8 Å². The molecule has 0 saturated carbocycles. The van der Waals surface area contributed by atoms with Crippen LogP contribution in [0, 0.1) is 0 Å². The van der Waals surface area contributed by atoms with Crippen molar-refractivity contribution >= 4 is 16.7 Å². The van der Waals surface area contributed by atoms with Gasteiger partial charge in [0.2, 0.25) is 5.95 Å². The van der Waals surface area contributed by atoms with Crippen molar-refractivity contribution in [2.45, 2.75) is 12.5 Å². The molecule has 19 heavy (non-hydrogen) atoms. The Kier molecular flexibility index (Phi) is 2.30. The van der Waals surface area contributed by atoms with Crippen LogP contribution >= 0.6 is 0 Å². The van der Waals surface area contributed by atoms with Crippen molar-refractivity contribution in [3.63, 3.8) is 0 Å². The number of imidazole rings is 1. The molecule has 0 bridgehead atoms. The van der Waals surface area contributed by atoms with Crippen molar-refractivity contribution in [1.29, 1.82) is 0 Å². The molecule has 1 unspecified atom stereocenters. The van der Waals surface area contributed by atoms with E-state index in [1.807, 2.05) is 6.20 Å². The lowest BCUT2D eigenvalue weighted by atomic mass is 9.99. The van der Waals surface area contributed by atoms with Crippen molar-refractivity contribution in [2.24, 2.45) is 0 Å². The minimum Gasteiger partial charge on any atom is -0.356 e. The van der Waals surface area contributed by atoms with E-state index >= 15 is 0 Å². The quantitative estimate of drug-likeness (QED) is 0.716. The van der Waals surface area contributed by atoms with Gasteiger partial charge in [-0.15, -0.1) is 0 Å². The molecule has 3 aromatic rings. The normalized spacial score (nSPS) is 18.0. The molecule has 0 spiro atoms. The van der Waals surface area contributed by atoms with E-state index in [4.69, 9.17) is 0 Å². The van der Waals surface area contributed by atoms with E-state index in [9.17, 15) is 0 Å². The summed E-state index contributed by atoms with van der Waals surface area (Å²) < 4.78 is 2.23. The van der Waals surface area contributed by atoms with Crippen LogP contribution in [0.4, 0.5) is 5.95 Å². The van der Waals surface area contributed by atoms with E-state index in [2.05, 4.69) is 63.5 Å². The Hall–Kier alpha value is -2.29. The third-order valence-electron chi connectivity index (χ3n) is 3.86. The van der Waals surface area contributed by atoms with E-state index < -0.39 is 0 Å². The van der Waals surface area contributed by atoms with Crippen LogP contribution in [0.3, 0.4) is 0 Å². The summed E-state index contributed by atoms with van der Waals surface area (Å²) in [6, 6.07) is 15.7. The van der Waals surface area contributed by atoms with Gasteiger partial charge in [0.15, 0.2) is 0 Å². The van der Waals surface area contributed by atoms with Gasteiger partial charge in [-0.2, -0.15) is 0 Å². The number of benzene rings is 2. The second kappa shape index (κ2) is 4.12. The summed E-state index contributed by atoms with van der Waals surface area (Å²) in [6.07, 6.45) is 5.02. The number of fused-ring (bicyclic) bond motifs is 2. The molecule has 1 N–H and O–H groups in total. The van der Waals surface area contributed by atoms with E-state index in [1.54, 1.807) is 0 Å². The molecule has 0 aliphatic carbocycles. The first-order chi connectivity index (χ1) is 9.42. The van der Waals surface area contributed by atoms with Gasteiger partial charge in [0, 0.05) is 18.9 Å². The van der Waals surface area contributed by atoms with Crippen LogP contribution in [0.5, 0.6) is 0 Å². The van der Waals surface area contributed by atoms with Crippen molar-refractivity contribution in [2.75, 3.05) is 11.9 Å². The fourth-order valence-electron chi connectivity index (χ4n) is 2.90. The molecule has 3 heteroatoms. The average molecular weight is 249 g/mol. The van der Waals surface area contributed by atoms with Crippen molar-refractivity contribution in [3.8, 4) is 0 Å². The molecule has 0 saturated heterocycles. The second-order valence-electron chi connectivity index (χ2n) is 5.00. The fourth-order valence-corrected chi connectivity index (χ4v) is 2.90. The lowest BCUT2D eigenvalue weighted by Gasteiger charge is -2.26. The summed E-state index contributed by atoms with van der Waals surface area (Å²) in [4.78, 5) is 4.35. The molecule has 0 amide bonds. The Labute approximate surface area is 111 Å². The lowest BCUT2D eigenvalue weighted by molar-refractivity contribution is 0.531. The van der Waals surface area contributed by atoms with E-state index in [0.717, 1.165) is 18.9 Å². The van der Waals surface area contributed by atoms with E-state index in [1.165, 1.54) is 16.3 Å².